The third-order valence-corrected chi connectivity index (χ3v) is 3.85. The molecule has 28 heavy (non-hydrogen) atoms. The number of hydrogen-bond donors (Lipinski definition) is 2. The summed E-state index contributed by atoms with van der Waals surface area (Å²) in [4.78, 5) is 35.6. The van der Waals surface area contributed by atoms with E-state index in [4.69, 9.17) is 0 Å². The van der Waals surface area contributed by atoms with Crippen LogP contribution in [0.2, 0.25) is 0 Å². The fourth-order valence-corrected chi connectivity index (χ4v) is 2.43. The Bertz CT molecular complexity index is 998. The third-order valence-electron chi connectivity index (χ3n) is 3.85. The highest BCUT2D eigenvalue weighted by atomic mass is 16.5. The van der Waals surface area contributed by atoms with Gasteiger partial charge in [-0.25, -0.2) is 4.68 Å². The highest BCUT2D eigenvalue weighted by molar-refractivity contribution is 6.04. The molecule has 2 N–H and O–H groups in total. The van der Waals surface area contributed by atoms with Gasteiger partial charge in [-0.1, -0.05) is 24.3 Å². The second kappa shape index (κ2) is 8.63. The molecule has 0 aliphatic heterocycles. The molecule has 8 heteroatoms. The number of methoxy groups -OCH3 is 1. The van der Waals surface area contributed by atoms with Crippen LogP contribution in [0.1, 0.15) is 20.8 Å². The topological polar surface area (TPSA) is 102 Å². The van der Waals surface area contributed by atoms with Gasteiger partial charge in [0.05, 0.1) is 12.8 Å². The van der Waals surface area contributed by atoms with Gasteiger partial charge in [0, 0.05) is 17.4 Å². The zero-order valence-electron chi connectivity index (χ0n) is 15.1. The number of nitrogens with zero attached hydrogens (tertiary/aromatic N) is 2. The standard InChI is InChI=1S/C20H18N4O4/c1-28-18(25)13-21-19(26)14-6-5-7-15(12-14)22-20(27)17-10-11-24(23-17)16-8-3-2-4-9-16/h2-12H,13H2,1H3,(H,21,26)(H,22,27). The zero-order valence-corrected chi connectivity index (χ0v) is 15.1. The number of esters is 1. The van der Waals surface area contributed by atoms with E-state index in [0.717, 1.165) is 5.69 Å². The maximum Gasteiger partial charge on any atom is 0.325 e. The maximum absolute atomic E-state index is 12.4. The van der Waals surface area contributed by atoms with Gasteiger partial charge in [0.15, 0.2) is 5.69 Å². The van der Waals surface area contributed by atoms with E-state index in [-0.39, 0.29) is 12.2 Å². The van der Waals surface area contributed by atoms with Gasteiger partial charge in [0.1, 0.15) is 6.54 Å². The van der Waals surface area contributed by atoms with Crippen LogP contribution in [0.5, 0.6) is 0 Å². The molecule has 0 aliphatic carbocycles. The number of carbonyl (C=O) groups is 3. The van der Waals surface area contributed by atoms with E-state index in [1.54, 1.807) is 35.1 Å². The average Bonchev–Trinajstić information content (AvgIpc) is 3.23. The first-order chi connectivity index (χ1) is 13.6. The Morgan fingerprint density at radius 1 is 1.00 bits per heavy atom. The molecule has 0 spiro atoms. The van der Waals surface area contributed by atoms with E-state index < -0.39 is 17.8 Å². The largest absolute Gasteiger partial charge is 0.468 e. The lowest BCUT2D eigenvalue weighted by Crippen LogP contribution is -2.30. The molecule has 0 bridgehead atoms. The second-order valence-corrected chi connectivity index (χ2v) is 5.77. The van der Waals surface area contributed by atoms with E-state index in [1.807, 2.05) is 30.3 Å². The van der Waals surface area contributed by atoms with Crippen molar-refractivity contribution in [2.24, 2.45) is 0 Å². The number of amides is 2. The number of benzene rings is 2. The van der Waals surface area contributed by atoms with E-state index in [1.165, 1.54) is 13.2 Å². The Morgan fingerprint density at radius 2 is 1.79 bits per heavy atom. The summed E-state index contributed by atoms with van der Waals surface area (Å²) in [5.41, 5.74) is 1.82. The lowest BCUT2D eigenvalue weighted by atomic mass is 10.2. The van der Waals surface area contributed by atoms with Crippen molar-refractivity contribution in [2.45, 2.75) is 0 Å². The molecule has 0 radical (unpaired) electrons. The normalized spacial score (nSPS) is 10.2. The predicted molar refractivity (Wildman–Crippen MR) is 102 cm³/mol. The minimum absolute atomic E-state index is 0.233. The van der Waals surface area contributed by atoms with Crippen LogP contribution in [-0.4, -0.2) is 41.2 Å². The summed E-state index contributed by atoms with van der Waals surface area (Å²) in [6.07, 6.45) is 1.70. The third kappa shape index (κ3) is 4.61. The van der Waals surface area contributed by atoms with Crippen LogP contribution in [0.25, 0.3) is 5.69 Å². The van der Waals surface area contributed by atoms with Crippen molar-refractivity contribution in [1.29, 1.82) is 0 Å². The molecule has 1 heterocycles. The Balaban J connectivity index is 1.67. The van der Waals surface area contributed by atoms with E-state index >= 15 is 0 Å². The highest BCUT2D eigenvalue weighted by Crippen LogP contribution is 2.13. The van der Waals surface area contributed by atoms with Gasteiger partial charge in [0.2, 0.25) is 0 Å². The molecule has 0 saturated heterocycles. The Hall–Kier alpha value is -3.94. The molecular weight excluding hydrogens is 360 g/mol. The van der Waals surface area contributed by atoms with Crippen LogP contribution in [0.15, 0.2) is 66.9 Å². The van der Waals surface area contributed by atoms with Crippen molar-refractivity contribution in [3.63, 3.8) is 0 Å². The van der Waals surface area contributed by atoms with Crippen LogP contribution >= 0.6 is 0 Å². The fraction of sp³-hybridized carbons (Fsp3) is 0.100. The van der Waals surface area contributed by atoms with Crippen LogP contribution in [0, 0.1) is 0 Å². The maximum atomic E-state index is 12.4. The molecule has 0 atom stereocenters. The Morgan fingerprint density at radius 3 is 2.54 bits per heavy atom. The van der Waals surface area contributed by atoms with Crippen molar-refractivity contribution < 1.29 is 19.1 Å². The van der Waals surface area contributed by atoms with E-state index in [0.29, 0.717) is 11.3 Å². The van der Waals surface area contributed by atoms with Crippen molar-refractivity contribution in [3.8, 4) is 5.69 Å². The molecule has 2 aromatic carbocycles. The number of rotatable bonds is 6. The predicted octanol–water partition coefficient (Wildman–Crippen LogP) is 2.03. The molecule has 0 aliphatic rings. The van der Waals surface area contributed by atoms with Crippen LogP contribution in [0.3, 0.4) is 0 Å². The van der Waals surface area contributed by atoms with Crippen LogP contribution in [-0.2, 0) is 9.53 Å². The molecule has 142 valence electrons. The summed E-state index contributed by atoms with van der Waals surface area (Å²) in [5.74, 6) is -1.40. The molecular formula is C20H18N4O4. The van der Waals surface area contributed by atoms with Crippen LogP contribution < -0.4 is 10.6 Å². The molecule has 8 nitrogen and oxygen atoms in total. The molecule has 1 aromatic heterocycles. The van der Waals surface area contributed by atoms with Gasteiger partial charge < -0.3 is 15.4 Å². The first kappa shape index (κ1) is 18.8. The van der Waals surface area contributed by atoms with Gasteiger partial charge in [-0.15, -0.1) is 0 Å². The summed E-state index contributed by atoms with van der Waals surface area (Å²) in [6.45, 7) is -0.233. The minimum Gasteiger partial charge on any atom is -0.468 e. The summed E-state index contributed by atoms with van der Waals surface area (Å²) in [7, 11) is 1.24. The van der Waals surface area contributed by atoms with Crippen molar-refractivity contribution >= 4 is 23.5 Å². The number of anilines is 1. The van der Waals surface area contributed by atoms with E-state index in [2.05, 4.69) is 20.5 Å². The molecule has 2 amide bonds. The van der Waals surface area contributed by atoms with Crippen molar-refractivity contribution in [1.82, 2.24) is 15.1 Å². The van der Waals surface area contributed by atoms with Gasteiger partial charge in [-0.2, -0.15) is 5.10 Å². The number of para-hydroxylation sites is 1. The molecule has 3 aromatic rings. The number of hydrogen-bond acceptors (Lipinski definition) is 5. The number of nitrogens with one attached hydrogen (secondary N) is 2. The van der Waals surface area contributed by atoms with E-state index in [9.17, 15) is 14.4 Å². The Labute approximate surface area is 161 Å². The first-order valence-electron chi connectivity index (χ1n) is 8.44. The van der Waals surface area contributed by atoms with Gasteiger partial charge in [-0.3, -0.25) is 14.4 Å². The summed E-state index contributed by atoms with van der Waals surface area (Å²) < 4.78 is 6.08. The zero-order chi connectivity index (χ0) is 19.9. The summed E-state index contributed by atoms with van der Waals surface area (Å²) in [6, 6.07) is 17.4. The summed E-state index contributed by atoms with van der Waals surface area (Å²) in [5, 5.41) is 9.42. The van der Waals surface area contributed by atoms with Gasteiger partial charge in [-0.05, 0) is 36.4 Å². The fourth-order valence-electron chi connectivity index (χ4n) is 2.43. The monoisotopic (exact) mass is 378 g/mol. The number of carbonyl (C=O) groups excluding carboxylic acids is 3. The Kier molecular flexibility index (Phi) is 5.81. The number of aromatic nitrogens is 2. The second-order valence-electron chi connectivity index (χ2n) is 5.77. The first-order valence-corrected chi connectivity index (χ1v) is 8.44. The average molecular weight is 378 g/mol. The van der Waals surface area contributed by atoms with Crippen molar-refractivity contribution in [3.05, 3.63) is 78.1 Å². The molecule has 0 unspecified atom stereocenters. The SMILES string of the molecule is COC(=O)CNC(=O)c1cccc(NC(=O)c2ccn(-c3ccccc3)n2)c1. The smallest absolute Gasteiger partial charge is 0.325 e. The minimum atomic E-state index is -0.549. The quantitative estimate of drug-likeness (QED) is 0.639. The molecule has 3 rings (SSSR count). The lowest BCUT2D eigenvalue weighted by molar-refractivity contribution is -0.139. The van der Waals surface area contributed by atoms with Crippen molar-refractivity contribution in [2.75, 3.05) is 19.0 Å². The van der Waals surface area contributed by atoms with Crippen LogP contribution in [0.4, 0.5) is 5.69 Å². The molecule has 0 fully saturated rings. The molecule has 0 saturated carbocycles. The van der Waals surface area contributed by atoms with Gasteiger partial charge >= 0.3 is 5.97 Å². The number of ether oxygens (including phenoxy) is 1. The lowest BCUT2D eigenvalue weighted by Gasteiger charge is -2.07. The summed E-state index contributed by atoms with van der Waals surface area (Å²) >= 11 is 0. The van der Waals surface area contributed by atoms with Gasteiger partial charge in [0.25, 0.3) is 11.8 Å². The highest BCUT2D eigenvalue weighted by Gasteiger charge is 2.13.